The van der Waals surface area contributed by atoms with E-state index >= 15 is 4.39 Å². The Labute approximate surface area is 199 Å². The highest BCUT2D eigenvalue weighted by Crippen LogP contribution is 2.33. The molecule has 3 fully saturated rings. The fraction of sp³-hybridized carbons (Fsp3) is 0.615. The summed E-state index contributed by atoms with van der Waals surface area (Å²) in [6.07, 6.45) is 5.34. The summed E-state index contributed by atoms with van der Waals surface area (Å²) in [5.74, 6) is -0.936. The maximum absolute atomic E-state index is 15.6. The van der Waals surface area contributed by atoms with Gasteiger partial charge >= 0.3 is 0 Å². The fourth-order valence-corrected chi connectivity index (χ4v) is 5.86. The van der Waals surface area contributed by atoms with Crippen LogP contribution in [0.4, 0.5) is 8.78 Å². The summed E-state index contributed by atoms with van der Waals surface area (Å²) in [6, 6.07) is 3.13. The number of rotatable bonds is 5. The van der Waals surface area contributed by atoms with E-state index in [1.807, 2.05) is 0 Å². The Morgan fingerprint density at radius 3 is 2.71 bits per heavy atom. The Bertz CT molecular complexity index is 976. The van der Waals surface area contributed by atoms with E-state index in [0.717, 1.165) is 25.7 Å². The summed E-state index contributed by atoms with van der Waals surface area (Å²) < 4.78 is 35.2. The number of halogens is 2. The number of hydrogen-bond donors (Lipinski definition) is 2. The summed E-state index contributed by atoms with van der Waals surface area (Å²) >= 11 is 0. The van der Waals surface area contributed by atoms with E-state index in [1.54, 1.807) is 12.1 Å². The highest BCUT2D eigenvalue weighted by Gasteiger charge is 2.40. The van der Waals surface area contributed by atoms with Gasteiger partial charge in [-0.1, -0.05) is 12.6 Å². The van der Waals surface area contributed by atoms with Crippen molar-refractivity contribution >= 4 is 11.8 Å². The van der Waals surface area contributed by atoms with Gasteiger partial charge in [-0.05, 0) is 63.0 Å². The predicted octanol–water partition coefficient (Wildman–Crippen LogP) is 3.53. The number of nitrogens with zero attached hydrogens (tertiary/aromatic N) is 1. The monoisotopic (exact) mass is 473 g/mol. The van der Waals surface area contributed by atoms with Crippen molar-refractivity contribution in [2.24, 2.45) is 0 Å². The van der Waals surface area contributed by atoms with Crippen molar-refractivity contribution in [2.45, 2.75) is 94.7 Å². The third-order valence-corrected chi connectivity index (χ3v) is 7.81. The third-order valence-electron chi connectivity index (χ3n) is 7.81. The average molecular weight is 474 g/mol. The van der Waals surface area contributed by atoms with E-state index in [2.05, 4.69) is 17.2 Å². The zero-order valence-corrected chi connectivity index (χ0v) is 19.5. The first-order valence-electron chi connectivity index (χ1n) is 12.5. The normalized spacial score (nSPS) is 32.0. The molecule has 3 atom stereocenters. The zero-order chi connectivity index (χ0) is 23.8. The van der Waals surface area contributed by atoms with Crippen molar-refractivity contribution in [1.82, 2.24) is 15.5 Å². The second-order valence-electron chi connectivity index (χ2n) is 10.1. The van der Waals surface area contributed by atoms with Gasteiger partial charge < -0.3 is 20.3 Å². The maximum Gasteiger partial charge on any atom is 0.255 e. The average Bonchev–Trinajstić information content (AvgIpc) is 3.15. The van der Waals surface area contributed by atoms with Gasteiger partial charge in [-0.3, -0.25) is 9.59 Å². The van der Waals surface area contributed by atoms with Gasteiger partial charge in [-0.15, -0.1) is 0 Å². The Morgan fingerprint density at radius 2 is 1.94 bits per heavy atom. The molecule has 184 valence electrons. The summed E-state index contributed by atoms with van der Waals surface area (Å²) in [6.45, 7) is 4.52. The molecule has 0 spiro atoms. The molecule has 1 aromatic carbocycles. The largest absolute Gasteiger partial charge is 0.376 e. The fourth-order valence-electron chi connectivity index (χ4n) is 5.86. The van der Waals surface area contributed by atoms with Crippen LogP contribution in [0.3, 0.4) is 0 Å². The summed E-state index contributed by atoms with van der Waals surface area (Å²) in [4.78, 5) is 26.9. The van der Waals surface area contributed by atoms with Crippen molar-refractivity contribution in [1.29, 1.82) is 0 Å². The summed E-state index contributed by atoms with van der Waals surface area (Å²) in [7, 11) is 0. The zero-order valence-electron chi connectivity index (χ0n) is 19.5. The Hall–Kier alpha value is -2.32. The first-order valence-corrected chi connectivity index (χ1v) is 12.5. The van der Waals surface area contributed by atoms with Crippen LogP contribution in [0.1, 0.15) is 72.9 Å². The molecule has 2 amide bonds. The molecular weight excluding hydrogens is 440 g/mol. The van der Waals surface area contributed by atoms with Crippen LogP contribution < -0.4 is 10.6 Å². The lowest BCUT2D eigenvalue weighted by Crippen LogP contribution is -2.50. The van der Waals surface area contributed by atoms with E-state index in [9.17, 15) is 14.0 Å². The predicted molar refractivity (Wildman–Crippen MR) is 123 cm³/mol. The van der Waals surface area contributed by atoms with Crippen molar-refractivity contribution < 1.29 is 23.1 Å². The van der Waals surface area contributed by atoms with Gasteiger partial charge in [0.25, 0.3) is 5.91 Å². The molecule has 4 aliphatic rings. The first kappa shape index (κ1) is 23.4. The van der Waals surface area contributed by atoms with Crippen LogP contribution in [0, 0.1) is 5.82 Å². The number of amides is 2. The molecule has 5 rings (SSSR count). The van der Waals surface area contributed by atoms with Crippen LogP contribution in [0.5, 0.6) is 0 Å². The van der Waals surface area contributed by atoms with Crippen LogP contribution in [-0.2, 0) is 22.5 Å². The molecule has 0 bridgehead atoms. The lowest BCUT2D eigenvalue weighted by atomic mass is 9.90. The number of piperidine rings is 1. The van der Waals surface area contributed by atoms with Gasteiger partial charge in [-0.25, -0.2) is 8.78 Å². The number of benzene rings is 1. The lowest BCUT2D eigenvalue weighted by Gasteiger charge is -2.37. The summed E-state index contributed by atoms with van der Waals surface area (Å²) in [5, 5.41) is 6.37. The molecule has 34 heavy (non-hydrogen) atoms. The number of ether oxygens (including phenoxy) is 1. The van der Waals surface area contributed by atoms with Crippen molar-refractivity contribution in [3.8, 4) is 0 Å². The first-order chi connectivity index (χ1) is 16.4. The maximum atomic E-state index is 15.6. The Kier molecular flexibility index (Phi) is 6.71. The molecule has 6 nitrogen and oxygen atoms in total. The van der Waals surface area contributed by atoms with Crippen LogP contribution in [0.2, 0.25) is 0 Å². The molecule has 0 aromatic heterocycles. The van der Waals surface area contributed by atoms with Gasteiger partial charge in [0.15, 0.2) is 0 Å². The van der Waals surface area contributed by atoms with E-state index in [-0.39, 0.29) is 42.4 Å². The van der Waals surface area contributed by atoms with E-state index < -0.39 is 12.2 Å². The molecule has 2 N–H and O–H groups in total. The molecule has 0 radical (unpaired) electrons. The molecule has 3 aliphatic heterocycles. The minimum absolute atomic E-state index is 0.0953. The van der Waals surface area contributed by atoms with Gasteiger partial charge in [0.05, 0.1) is 12.6 Å². The Balaban J connectivity index is 1.29. The standard InChI is InChI=1S/C26H33F2N3O3/c1-15-4-11-22(25(32)29-15)31-14-20-19(26(31)33)10-5-16(24(20)28)13-23-21(3-2-12-34-23)30-18-8-6-17(27)7-9-18/h5,10,17-18,21-23,30H,1-4,6-9,11-14H2,(H,29,32)/t17?,18?,21-,22?,23+/m0/s1. The van der Waals surface area contributed by atoms with Gasteiger partial charge in [0.2, 0.25) is 5.91 Å². The van der Waals surface area contributed by atoms with Crippen LogP contribution in [0.15, 0.2) is 24.4 Å². The quantitative estimate of drug-likeness (QED) is 0.687. The van der Waals surface area contributed by atoms with Gasteiger partial charge in [0.1, 0.15) is 18.0 Å². The molecule has 8 heteroatoms. The SMILES string of the molecule is C=C1CCC(N2Cc3c(ccc(C[C@H]4OCCC[C@@H]4NC4CCC(F)CC4)c3F)C2=O)C(=O)N1. The van der Waals surface area contributed by atoms with E-state index in [1.165, 1.54) is 4.90 Å². The third kappa shape index (κ3) is 4.62. The van der Waals surface area contributed by atoms with Crippen LogP contribution >= 0.6 is 0 Å². The van der Waals surface area contributed by atoms with Gasteiger partial charge in [-0.2, -0.15) is 0 Å². The van der Waals surface area contributed by atoms with E-state index in [0.29, 0.717) is 61.1 Å². The van der Waals surface area contributed by atoms with Crippen molar-refractivity contribution in [3.63, 3.8) is 0 Å². The van der Waals surface area contributed by atoms with Crippen molar-refractivity contribution in [3.05, 3.63) is 46.9 Å². The highest BCUT2D eigenvalue weighted by molar-refractivity contribution is 6.01. The van der Waals surface area contributed by atoms with Crippen molar-refractivity contribution in [2.75, 3.05) is 6.61 Å². The number of carbonyl (C=O) groups is 2. The second kappa shape index (κ2) is 9.74. The lowest BCUT2D eigenvalue weighted by molar-refractivity contribution is -0.126. The molecule has 1 unspecified atom stereocenters. The molecule has 1 aromatic rings. The minimum atomic E-state index is -0.697. The molecule has 2 saturated heterocycles. The smallest absolute Gasteiger partial charge is 0.255 e. The second-order valence-corrected chi connectivity index (χ2v) is 10.1. The minimum Gasteiger partial charge on any atom is -0.376 e. The summed E-state index contributed by atoms with van der Waals surface area (Å²) in [5.41, 5.74) is 1.87. The number of hydrogen-bond acceptors (Lipinski definition) is 4. The number of alkyl halides is 1. The van der Waals surface area contributed by atoms with Crippen LogP contribution in [-0.4, -0.2) is 53.7 Å². The molecule has 1 aliphatic carbocycles. The molecular formula is C26H33F2N3O3. The highest BCUT2D eigenvalue weighted by atomic mass is 19.1. The van der Waals surface area contributed by atoms with Crippen LogP contribution in [0.25, 0.3) is 0 Å². The molecule has 3 heterocycles. The van der Waals surface area contributed by atoms with Gasteiger partial charge in [0, 0.05) is 41.9 Å². The topological polar surface area (TPSA) is 70.7 Å². The number of allylic oxidation sites excluding steroid dienone is 1. The van der Waals surface area contributed by atoms with E-state index in [4.69, 9.17) is 4.74 Å². The molecule has 1 saturated carbocycles. The number of fused-ring (bicyclic) bond motifs is 1. The number of carbonyl (C=O) groups excluding carboxylic acids is 2. The number of nitrogens with one attached hydrogen (secondary N) is 2. The Morgan fingerprint density at radius 1 is 1.15 bits per heavy atom.